The number of furan rings is 1. The lowest BCUT2D eigenvalue weighted by Crippen LogP contribution is -2.37. The second-order valence-corrected chi connectivity index (χ2v) is 7.90. The largest absolute Gasteiger partial charge is 0.478 e. The number of carboxylic acids is 1. The predicted molar refractivity (Wildman–Crippen MR) is 115 cm³/mol. The van der Waals surface area contributed by atoms with E-state index in [9.17, 15) is 14.3 Å². The van der Waals surface area contributed by atoms with Crippen molar-refractivity contribution in [2.24, 2.45) is 0 Å². The van der Waals surface area contributed by atoms with E-state index in [0.717, 1.165) is 35.8 Å². The molecule has 30 heavy (non-hydrogen) atoms. The fraction of sp³-hybridized carbons (Fsp3) is 0.250. The average molecular weight is 404 g/mol. The van der Waals surface area contributed by atoms with Crippen molar-refractivity contribution in [1.82, 2.24) is 4.98 Å². The number of carboxylic acid groups (broad SMARTS) is 1. The Bertz CT molecular complexity index is 1280. The van der Waals surface area contributed by atoms with E-state index < -0.39 is 5.97 Å². The van der Waals surface area contributed by atoms with Crippen LogP contribution in [0.2, 0.25) is 0 Å². The van der Waals surface area contributed by atoms with Crippen molar-refractivity contribution in [3.63, 3.8) is 0 Å². The van der Waals surface area contributed by atoms with Crippen LogP contribution in [0.5, 0.6) is 0 Å². The van der Waals surface area contributed by atoms with Gasteiger partial charge in [-0.3, -0.25) is 0 Å². The van der Waals surface area contributed by atoms with Crippen LogP contribution in [0.4, 0.5) is 10.1 Å². The molecule has 5 rings (SSSR count). The van der Waals surface area contributed by atoms with E-state index >= 15 is 0 Å². The first kappa shape index (κ1) is 18.6. The quantitative estimate of drug-likeness (QED) is 0.463. The lowest BCUT2D eigenvalue weighted by atomic mass is 10.0. The van der Waals surface area contributed by atoms with E-state index in [1.807, 2.05) is 12.1 Å². The molecule has 6 heteroatoms. The van der Waals surface area contributed by atoms with E-state index in [0.29, 0.717) is 28.6 Å². The van der Waals surface area contributed by atoms with Gasteiger partial charge in [-0.1, -0.05) is 0 Å². The maximum atomic E-state index is 13.6. The number of benzene rings is 2. The van der Waals surface area contributed by atoms with Crippen LogP contribution in [0.25, 0.3) is 33.3 Å². The van der Waals surface area contributed by atoms with Gasteiger partial charge in [-0.05, 0) is 68.7 Å². The summed E-state index contributed by atoms with van der Waals surface area (Å²) in [4.78, 5) is 18.6. The molecule has 5 nitrogen and oxygen atoms in total. The van der Waals surface area contributed by atoms with Gasteiger partial charge in [0, 0.05) is 29.4 Å². The summed E-state index contributed by atoms with van der Waals surface area (Å²) in [6, 6.07) is 13.6. The molecule has 0 bridgehead atoms. The van der Waals surface area contributed by atoms with Crippen LogP contribution < -0.4 is 4.90 Å². The van der Waals surface area contributed by atoms with Crippen LogP contribution >= 0.6 is 0 Å². The van der Waals surface area contributed by atoms with E-state index in [2.05, 4.69) is 11.8 Å². The first-order valence-corrected chi connectivity index (χ1v) is 10.1. The highest BCUT2D eigenvalue weighted by atomic mass is 19.1. The highest BCUT2D eigenvalue weighted by Crippen LogP contribution is 2.38. The fourth-order valence-electron chi connectivity index (χ4n) is 4.28. The monoisotopic (exact) mass is 404 g/mol. The molecule has 0 unspecified atom stereocenters. The Morgan fingerprint density at radius 3 is 2.80 bits per heavy atom. The number of fused-ring (bicyclic) bond motifs is 2. The fourth-order valence-corrected chi connectivity index (χ4v) is 4.28. The number of hydrogen-bond donors (Lipinski definition) is 1. The third-order valence-corrected chi connectivity index (χ3v) is 5.87. The molecule has 0 spiro atoms. The SMILES string of the molecule is C[C@H]1CCCCN1c1cc2cc(C(=O)O)ccc2nc1-c1cc2ccc(F)cc2o1. The highest BCUT2D eigenvalue weighted by Gasteiger charge is 2.24. The molecule has 2 aromatic carbocycles. The predicted octanol–water partition coefficient (Wildman–Crippen LogP) is 5.86. The molecule has 1 aliphatic rings. The zero-order chi connectivity index (χ0) is 20.8. The molecule has 0 aliphatic carbocycles. The molecule has 152 valence electrons. The number of piperidine rings is 1. The number of hydrogen-bond acceptors (Lipinski definition) is 4. The van der Waals surface area contributed by atoms with Crippen molar-refractivity contribution in [2.75, 3.05) is 11.4 Å². The number of nitrogens with zero attached hydrogens (tertiary/aromatic N) is 2. The van der Waals surface area contributed by atoms with Crippen LogP contribution in [-0.2, 0) is 0 Å². The van der Waals surface area contributed by atoms with Gasteiger partial charge >= 0.3 is 5.97 Å². The number of anilines is 1. The molecule has 1 saturated heterocycles. The Hall–Kier alpha value is -3.41. The summed E-state index contributed by atoms with van der Waals surface area (Å²) in [5.41, 5.74) is 3.00. The molecular weight excluding hydrogens is 383 g/mol. The molecule has 4 aromatic rings. The van der Waals surface area contributed by atoms with Gasteiger partial charge in [0.2, 0.25) is 0 Å². The van der Waals surface area contributed by atoms with E-state index in [4.69, 9.17) is 9.40 Å². The van der Waals surface area contributed by atoms with Crippen molar-refractivity contribution in [3.05, 3.63) is 59.9 Å². The number of pyridine rings is 1. The molecule has 2 aromatic heterocycles. The van der Waals surface area contributed by atoms with E-state index in [1.54, 1.807) is 24.3 Å². The van der Waals surface area contributed by atoms with Crippen molar-refractivity contribution >= 4 is 33.5 Å². The summed E-state index contributed by atoms with van der Waals surface area (Å²) in [5, 5.41) is 10.9. The standard InChI is InChI=1S/C24H21FN2O3/c1-14-4-2-3-9-27(14)20-11-17-10-16(24(28)29)6-8-19(17)26-23(20)22-12-15-5-7-18(25)13-21(15)30-22/h5-8,10-14H,2-4,9H2,1H3,(H,28,29)/t14-/m0/s1. The molecule has 1 fully saturated rings. The van der Waals surface area contributed by atoms with Crippen molar-refractivity contribution in [2.45, 2.75) is 32.2 Å². The smallest absolute Gasteiger partial charge is 0.335 e. The van der Waals surface area contributed by atoms with Gasteiger partial charge in [-0.2, -0.15) is 0 Å². The minimum atomic E-state index is -0.965. The maximum absolute atomic E-state index is 13.6. The summed E-state index contributed by atoms with van der Waals surface area (Å²) in [5.74, 6) is -0.735. The average Bonchev–Trinajstić information content (AvgIpc) is 3.15. The minimum Gasteiger partial charge on any atom is -0.478 e. The van der Waals surface area contributed by atoms with Crippen molar-refractivity contribution in [3.8, 4) is 11.5 Å². The summed E-state index contributed by atoms with van der Waals surface area (Å²) in [6.45, 7) is 3.09. The van der Waals surface area contributed by atoms with E-state index in [-0.39, 0.29) is 11.4 Å². The molecule has 0 radical (unpaired) electrons. The third kappa shape index (κ3) is 3.18. The van der Waals surface area contributed by atoms with Crippen molar-refractivity contribution < 1.29 is 18.7 Å². The molecule has 3 heterocycles. The van der Waals surface area contributed by atoms with Crippen LogP contribution in [0.3, 0.4) is 0 Å². The molecule has 1 atom stereocenters. The summed E-state index contributed by atoms with van der Waals surface area (Å²) < 4.78 is 19.6. The Morgan fingerprint density at radius 1 is 1.13 bits per heavy atom. The Morgan fingerprint density at radius 2 is 2.00 bits per heavy atom. The Labute approximate surface area is 172 Å². The maximum Gasteiger partial charge on any atom is 0.335 e. The number of aromatic nitrogens is 1. The molecule has 0 amide bonds. The van der Waals surface area contributed by atoms with Crippen LogP contribution in [0.15, 0.2) is 52.9 Å². The molecule has 1 N–H and O–H groups in total. The normalized spacial score (nSPS) is 17.0. The Kier molecular flexibility index (Phi) is 4.42. The third-order valence-electron chi connectivity index (χ3n) is 5.87. The van der Waals surface area contributed by atoms with Gasteiger partial charge in [-0.15, -0.1) is 0 Å². The summed E-state index contributed by atoms with van der Waals surface area (Å²) in [6.07, 6.45) is 3.35. The van der Waals surface area contributed by atoms with Gasteiger partial charge < -0.3 is 14.4 Å². The first-order valence-electron chi connectivity index (χ1n) is 10.1. The van der Waals surface area contributed by atoms with Gasteiger partial charge in [0.15, 0.2) is 5.76 Å². The van der Waals surface area contributed by atoms with Gasteiger partial charge in [-0.25, -0.2) is 14.2 Å². The summed E-state index contributed by atoms with van der Waals surface area (Å²) >= 11 is 0. The van der Waals surface area contributed by atoms with Gasteiger partial charge in [0.1, 0.15) is 17.1 Å². The molecule has 1 aliphatic heterocycles. The topological polar surface area (TPSA) is 66.6 Å². The second kappa shape index (κ2) is 7.13. The number of aromatic carboxylic acids is 1. The summed E-state index contributed by atoms with van der Waals surface area (Å²) in [7, 11) is 0. The number of carbonyl (C=O) groups is 1. The van der Waals surface area contributed by atoms with Gasteiger partial charge in [0.25, 0.3) is 0 Å². The Balaban J connectivity index is 1.74. The number of halogens is 1. The zero-order valence-corrected chi connectivity index (χ0v) is 16.6. The molecular formula is C24H21FN2O3. The molecule has 0 saturated carbocycles. The van der Waals surface area contributed by atoms with Crippen LogP contribution in [-0.4, -0.2) is 28.6 Å². The lowest BCUT2D eigenvalue weighted by molar-refractivity contribution is 0.0697. The highest BCUT2D eigenvalue weighted by molar-refractivity contribution is 5.96. The lowest BCUT2D eigenvalue weighted by Gasteiger charge is -2.36. The van der Waals surface area contributed by atoms with Gasteiger partial charge in [0.05, 0.1) is 16.8 Å². The van der Waals surface area contributed by atoms with E-state index in [1.165, 1.54) is 18.6 Å². The van der Waals surface area contributed by atoms with Crippen molar-refractivity contribution in [1.29, 1.82) is 0 Å². The first-order chi connectivity index (χ1) is 14.5. The van der Waals surface area contributed by atoms with Crippen LogP contribution in [0.1, 0.15) is 36.5 Å². The van der Waals surface area contributed by atoms with Crippen LogP contribution in [0, 0.1) is 5.82 Å². The second-order valence-electron chi connectivity index (χ2n) is 7.90. The number of rotatable bonds is 3. The minimum absolute atomic E-state index is 0.230. The zero-order valence-electron chi connectivity index (χ0n) is 16.6.